The van der Waals surface area contributed by atoms with Gasteiger partial charge in [-0.25, -0.2) is 9.59 Å². The number of urea groups is 1. The van der Waals surface area contributed by atoms with Crippen LogP contribution in [0.5, 0.6) is 0 Å². The Labute approximate surface area is 143 Å². The summed E-state index contributed by atoms with van der Waals surface area (Å²) in [5.41, 5.74) is 7.60. The van der Waals surface area contributed by atoms with Crippen LogP contribution in [-0.4, -0.2) is 45.4 Å². The molecule has 2 aliphatic rings. The second-order valence-corrected chi connectivity index (χ2v) is 5.92. The predicted molar refractivity (Wildman–Crippen MR) is 84.8 cm³/mol. The van der Waals surface area contributed by atoms with Gasteiger partial charge < -0.3 is 15.4 Å². The molecule has 130 valence electrons. The molecule has 4 rings (SSSR count). The molecule has 2 aliphatic heterocycles. The maximum atomic E-state index is 12.8. The van der Waals surface area contributed by atoms with Crippen molar-refractivity contribution in [3.63, 3.8) is 0 Å². The average molecular weight is 343 g/mol. The van der Waals surface area contributed by atoms with Gasteiger partial charge in [-0.2, -0.15) is 10.2 Å². The van der Waals surface area contributed by atoms with Gasteiger partial charge in [0.05, 0.1) is 18.4 Å². The number of carbonyl (C=O) groups is 2. The van der Waals surface area contributed by atoms with Crippen molar-refractivity contribution in [1.29, 1.82) is 0 Å². The molecule has 2 aromatic rings. The van der Waals surface area contributed by atoms with Gasteiger partial charge in [-0.3, -0.25) is 9.94 Å². The summed E-state index contributed by atoms with van der Waals surface area (Å²) in [6, 6.07) is 8.62. The Hall–Kier alpha value is -3.07. The maximum Gasteiger partial charge on any atom is 0.404 e. The molecule has 9 nitrogen and oxygen atoms in total. The van der Waals surface area contributed by atoms with Crippen LogP contribution in [0.4, 0.5) is 9.59 Å². The SMILES string of the molecule is NC(=O)OC[C@@H]1c2[nH]ncc2[C@H]2CN1C(=O)N2OCc1ccccc1. The number of fused-ring (bicyclic) bond motifs is 4. The zero-order valence-electron chi connectivity index (χ0n) is 13.3. The third-order valence-corrected chi connectivity index (χ3v) is 4.45. The number of aromatic amines is 1. The predicted octanol–water partition coefficient (Wildman–Crippen LogP) is 1.47. The third-order valence-electron chi connectivity index (χ3n) is 4.45. The van der Waals surface area contributed by atoms with Gasteiger partial charge in [0.2, 0.25) is 0 Å². The van der Waals surface area contributed by atoms with Crippen molar-refractivity contribution in [3.05, 3.63) is 53.3 Å². The number of H-pyrrole nitrogens is 1. The molecular formula is C16H17N5O4. The summed E-state index contributed by atoms with van der Waals surface area (Å²) in [6.07, 6.45) is 0.790. The Balaban J connectivity index is 1.55. The van der Waals surface area contributed by atoms with Crippen LogP contribution in [-0.2, 0) is 16.2 Å². The summed E-state index contributed by atoms with van der Waals surface area (Å²) in [6.45, 7) is 0.689. The number of ether oxygens (including phenoxy) is 1. The van der Waals surface area contributed by atoms with E-state index in [-0.39, 0.29) is 25.3 Å². The lowest BCUT2D eigenvalue weighted by atomic mass is 9.99. The first-order valence-corrected chi connectivity index (χ1v) is 7.87. The summed E-state index contributed by atoms with van der Waals surface area (Å²) >= 11 is 0. The second kappa shape index (κ2) is 6.10. The molecule has 2 atom stereocenters. The van der Waals surface area contributed by atoms with E-state index >= 15 is 0 Å². The zero-order valence-corrected chi connectivity index (χ0v) is 13.3. The standard InChI is InChI=1S/C16H17N5O4/c17-15(22)24-9-13-14-11(6-18-19-14)12-7-20(13)16(23)21(12)25-8-10-4-2-1-3-5-10/h1-6,12-13H,7-9H2,(H2,17,22)(H,18,19)/t12-,13-/m1/s1. The van der Waals surface area contributed by atoms with Gasteiger partial charge >= 0.3 is 12.1 Å². The Morgan fingerprint density at radius 1 is 1.36 bits per heavy atom. The van der Waals surface area contributed by atoms with Crippen molar-refractivity contribution >= 4 is 12.1 Å². The van der Waals surface area contributed by atoms with Gasteiger partial charge in [-0.1, -0.05) is 30.3 Å². The largest absolute Gasteiger partial charge is 0.447 e. The van der Waals surface area contributed by atoms with Crippen molar-refractivity contribution in [2.75, 3.05) is 13.2 Å². The molecule has 3 heterocycles. The van der Waals surface area contributed by atoms with Crippen LogP contribution in [0.25, 0.3) is 0 Å². The van der Waals surface area contributed by atoms with Gasteiger partial charge in [0, 0.05) is 5.56 Å². The fourth-order valence-corrected chi connectivity index (χ4v) is 3.28. The number of rotatable bonds is 5. The molecule has 0 unspecified atom stereocenters. The minimum absolute atomic E-state index is 0.0322. The number of nitrogens with one attached hydrogen (secondary N) is 1. The summed E-state index contributed by atoms with van der Waals surface area (Å²) < 4.78 is 4.91. The minimum atomic E-state index is -0.882. The molecule has 9 heteroatoms. The van der Waals surface area contributed by atoms with E-state index in [4.69, 9.17) is 15.3 Å². The Kier molecular flexibility index (Phi) is 3.77. The number of hydrogen-bond donors (Lipinski definition) is 2. The zero-order chi connectivity index (χ0) is 17.4. The Morgan fingerprint density at radius 3 is 2.92 bits per heavy atom. The lowest BCUT2D eigenvalue weighted by molar-refractivity contribution is -0.141. The van der Waals surface area contributed by atoms with E-state index in [1.165, 1.54) is 5.06 Å². The first-order valence-electron chi connectivity index (χ1n) is 7.87. The highest BCUT2D eigenvalue weighted by Gasteiger charge is 2.50. The van der Waals surface area contributed by atoms with Gasteiger partial charge in [0.1, 0.15) is 25.3 Å². The molecule has 25 heavy (non-hydrogen) atoms. The highest BCUT2D eigenvalue weighted by molar-refractivity contribution is 5.78. The second-order valence-electron chi connectivity index (χ2n) is 5.92. The number of primary amides is 1. The molecule has 1 aromatic heterocycles. The number of hydroxylamine groups is 2. The molecule has 0 radical (unpaired) electrons. The molecule has 1 aromatic carbocycles. The van der Waals surface area contributed by atoms with Gasteiger partial charge in [-0.15, -0.1) is 0 Å². The number of amides is 3. The number of aromatic nitrogens is 2. The molecule has 1 saturated heterocycles. The summed E-state index contributed by atoms with van der Waals surface area (Å²) in [5.74, 6) is 0. The first kappa shape index (κ1) is 15.5. The average Bonchev–Trinajstić information content (AvgIpc) is 3.19. The molecule has 0 saturated carbocycles. The van der Waals surface area contributed by atoms with Crippen LogP contribution in [0.1, 0.15) is 28.9 Å². The van der Waals surface area contributed by atoms with Crippen LogP contribution >= 0.6 is 0 Å². The van der Waals surface area contributed by atoms with E-state index in [1.807, 2.05) is 30.3 Å². The summed E-state index contributed by atoms with van der Waals surface area (Å²) in [7, 11) is 0. The molecule has 0 aliphatic carbocycles. The van der Waals surface area contributed by atoms with Gasteiger partial charge in [-0.05, 0) is 5.56 Å². The lowest BCUT2D eigenvalue weighted by Gasteiger charge is -2.29. The molecule has 3 amide bonds. The van der Waals surface area contributed by atoms with Crippen LogP contribution in [0.3, 0.4) is 0 Å². The van der Waals surface area contributed by atoms with Gasteiger partial charge in [0.15, 0.2) is 0 Å². The quantitative estimate of drug-likeness (QED) is 0.853. The van der Waals surface area contributed by atoms with Crippen LogP contribution in [0.2, 0.25) is 0 Å². The lowest BCUT2D eigenvalue weighted by Crippen LogP contribution is -2.37. The van der Waals surface area contributed by atoms with Crippen molar-refractivity contribution in [1.82, 2.24) is 20.2 Å². The number of benzene rings is 1. The van der Waals surface area contributed by atoms with Crippen LogP contribution in [0, 0.1) is 0 Å². The Morgan fingerprint density at radius 2 is 2.16 bits per heavy atom. The van der Waals surface area contributed by atoms with E-state index < -0.39 is 12.1 Å². The topological polar surface area (TPSA) is 114 Å². The third kappa shape index (κ3) is 2.68. The molecular weight excluding hydrogens is 326 g/mol. The molecule has 0 spiro atoms. The van der Waals surface area contributed by atoms with Gasteiger partial charge in [0.25, 0.3) is 0 Å². The van der Waals surface area contributed by atoms with E-state index in [2.05, 4.69) is 10.2 Å². The fourth-order valence-electron chi connectivity index (χ4n) is 3.28. The fraction of sp³-hybridized carbons (Fsp3) is 0.312. The number of carbonyl (C=O) groups excluding carboxylic acids is 2. The van der Waals surface area contributed by atoms with E-state index in [9.17, 15) is 9.59 Å². The first-order chi connectivity index (χ1) is 12.1. The van der Waals surface area contributed by atoms with E-state index in [0.717, 1.165) is 16.8 Å². The minimum Gasteiger partial charge on any atom is -0.447 e. The number of hydrogen-bond acceptors (Lipinski definition) is 5. The number of nitrogens with zero attached hydrogens (tertiary/aromatic N) is 3. The normalized spacial score (nSPS) is 21.4. The summed E-state index contributed by atoms with van der Waals surface area (Å²) in [4.78, 5) is 31.1. The van der Waals surface area contributed by atoms with Crippen LogP contribution in [0.15, 0.2) is 36.5 Å². The summed E-state index contributed by atoms with van der Waals surface area (Å²) in [5, 5.41) is 8.32. The van der Waals surface area contributed by atoms with Crippen molar-refractivity contribution in [2.24, 2.45) is 5.73 Å². The highest BCUT2D eigenvalue weighted by atomic mass is 16.7. The van der Waals surface area contributed by atoms with Crippen LogP contribution < -0.4 is 5.73 Å². The van der Waals surface area contributed by atoms with E-state index in [0.29, 0.717) is 6.54 Å². The molecule has 1 fully saturated rings. The molecule has 2 bridgehead atoms. The van der Waals surface area contributed by atoms with Crippen molar-refractivity contribution in [3.8, 4) is 0 Å². The smallest absolute Gasteiger partial charge is 0.404 e. The van der Waals surface area contributed by atoms with Crippen molar-refractivity contribution in [2.45, 2.75) is 18.7 Å². The number of nitrogens with two attached hydrogens (primary N) is 1. The Bertz CT molecular complexity index is 793. The highest BCUT2D eigenvalue weighted by Crippen LogP contribution is 2.43. The van der Waals surface area contributed by atoms with E-state index in [1.54, 1.807) is 11.1 Å². The maximum absolute atomic E-state index is 12.8. The van der Waals surface area contributed by atoms with Crippen molar-refractivity contribution < 1.29 is 19.2 Å². The monoisotopic (exact) mass is 343 g/mol. The molecule has 3 N–H and O–H groups in total.